The molecule has 0 spiro atoms. The number of hydrogen-bond donors (Lipinski definition) is 3. The molecule has 33 heavy (non-hydrogen) atoms. The number of nitrogens with zero attached hydrogens (tertiary/aromatic N) is 1. The predicted octanol–water partition coefficient (Wildman–Crippen LogP) is 3.34. The molecule has 3 rings (SSSR count). The van der Waals surface area contributed by atoms with E-state index in [9.17, 15) is 19.5 Å². The van der Waals surface area contributed by atoms with Gasteiger partial charge in [0, 0.05) is 18.7 Å². The Labute approximate surface area is 199 Å². The van der Waals surface area contributed by atoms with Gasteiger partial charge >= 0.3 is 5.97 Å². The van der Waals surface area contributed by atoms with Gasteiger partial charge in [-0.3, -0.25) is 14.5 Å². The lowest BCUT2D eigenvalue weighted by Gasteiger charge is -2.14. The van der Waals surface area contributed by atoms with E-state index in [2.05, 4.69) is 5.32 Å². The summed E-state index contributed by atoms with van der Waals surface area (Å²) in [6.45, 7) is 0.0866. The molecule has 0 bridgehead atoms. The summed E-state index contributed by atoms with van der Waals surface area (Å²) in [6.07, 6.45) is 1.61. The molecular formula is C22H20N2O7S2. The van der Waals surface area contributed by atoms with E-state index in [4.69, 9.17) is 26.8 Å². The molecule has 2 aromatic carbocycles. The van der Waals surface area contributed by atoms with Gasteiger partial charge in [-0.05, 0) is 48.0 Å². The van der Waals surface area contributed by atoms with Crippen molar-refractivity contribution in [1.29, 1.82) is 0 Å². The van der Waals surface area contributed by atoms with Crippen LogP contribution in [0.4, 0.5) is 5.69 Å². The molecule has 1 aliphatic rings. The Balaban J connectivity index is 1.65. The molecule has 2 amide bonds. The topological polar surface area (TPSA) is 125 Å². The van der Waals surface area contributed by atoms with Crippen molar-refractivity contribution in [3.05, 3.63) is 52.4 Å². The normalized spacial score (nSPS) is 14.5. The Morgan fingerprint density at radius 2 is 1.76 bits per heavy atom. The number of nitrogens with one attached hydrogen (secondary N) is 1. The fraction of sp³-hybridized carbons (Fsp3) is 0.182. The number of phenols is 1. The lowest BCUT2D eigenvalue weighted by molar-refractivity contribution is -0.122. The molecule has 0 unspecified atom stereocenters. The number of carbonyl (C=O) groups is 3. The molecule has 1 heterocycles. The molecule has 0 radical (unpaired) electrons. The summed E-state index contributed by atoms with van der Waals surface area (Å²) in [5.74, 6) is -1.49. The average molecular weight is 489 g/mol. The van der Waals surface area contributed by atoms with Crippen molar-refractivity contribution in [2.45, 2.75) is 6.42 Å². The van der Waals surface area contributed by atoms with Crippen molar-refractivity contribution in [3.63, 3.8) is 0 Å². The van der Waals surface area contributed by atoms with Crippen molar-refractivity contribution in [3.8, 4) is 17.2 Å². The molecule has 3 N–H and O–H groups in total. The molecule has 0 aliphatic carbocycles. The van der Waals surface area contributed by atoms with E-state index >= 15 is 0 Å². The molecule has 11 heteroatoms. The third-order valence-electron chi connectivity index (χ3n) is 4.65. The first-order valence-electron chi connectivity index (χ1n) is 9.57. The minimum Gasteiger partial charge on any atom is -0.502 e. The maximum Gasteiger partial charge on any atom is 0.335 e. The van der Waals surface area contributed by atoms with Gasteiger partial charge in [-0.15, -0.1) is 0 Å². The van der Waals surface area contributed by atoms with Crippen LogP contribution in [-0.2, 0) is 9.59 Å². The molecule has 1 aliphatic heterocycles. The van der Waals surface area contributed by atoms with E-state index in [0.717, 1.165) is 11.8 Å². The molecular weight excluding hydrogens is 468 g/mol. The number of phenolic OH excluding ortho intramolecular Hbond substituents is 1. The summed E-state index contributed by atoms with van der Waals surface area (Å²) in [5.41, 5.74) is 1.14. The monoisotopic (exact) mass is 488 g/mol. The minimum absolute atomic E-state index is 0.00125. The number of thioether (sulfide) groups is 1. The zero-order valence-electron chi connectivity index (χ0n) is 17.7. The predicted molar refractivity (Wildman–Crippen MR) is 128 cm³/mol. The number of aromatic hydroxyl groups is 1. The highest BCUT2D eigenvalue weighted by molar-refractivity contribution is 8.26. The lowest BCUT2D eigenvalue weighted by atomic mass is 10.1. The van der Waals surface area contributed by atoms with Gasteiger partial charge in [0.15, 0.2) is 11.5 Å². The first kappa shape index (κ1) is 24.1. The van der Waals surface area contributed by atoms with E-state index in [1.165, 1.54) is 43.4 Å². The van der Waals surface area contributed by atoms with Crippen LogP contribution in [-0.4, -0.2) is 58.0 Å². The first-order chi connectivity index (χ1) is 15.7. The Morgan fingerprint density at radius 3 is 2.30 bits per heavy atom. The van der Waals surface area contributed by atoms with Crippen LogP contribution in [0, 0.1) is 0 Å². The van der Waals surface area contributed by atoms with E-state index in [1.54, 1.807) is 18.2 Å². The number of rotatable bonds is 8. The van der Waals surface area contributed by atoms with Gasteiger partial charge < -0.3 is 25.0 Å². The van der Waals surface area contributed by atoms with Crippen LogP contribution in [0.3, 0.4) is 0 Å². The van der Waals surface area contributed by atoms with E-state index in [0.29, 0.717) is 20.5 Å². The largest absolute Gasteiger partial charge is 0.502 e. The number of aromatic carboxylic acids is 1. The van der Waals surface area contributed by atoms with E-state index < -0.39 is 5.97 Å². The number of carbonyl (C=O) groups excluding carboxylic acids is 2. The molecule has 9 nitrogen and oxygen atoms in total. The number of hydrogen-bond acceptors (Lipinski definition) is 8. The van der Waals surface area contributed by atoms with Crippen molar-refractivity contribution in [2.75, 3.05) is 26.1 Å². The fourth-order valence-corrected chi connectivity index (χ4v) is 4.28. The smallest absolute Gasteiger partial charge is 0.335 e. The Bertz CT molecular complexity index is 1120. The van der Waals surface area contributed by atoms with Crippen molar-refractivity contribution in [1.82, 2.24) is 4.90 Å². The number of benzene rings is 2. The number of carboxylic acid groups (broad SMARTS) is 1. The zero-order valence-corrected chi connectivity index (χ0v) is 19.3. The van der Waals surface area contributed by atoms with Crippen LogP contribution < -0.4 is 14.8 Å². The second kappa shape index (κ2) is 10.4. The van der Waals surface area contributed by atoms with E-state index in [-0.39, 0.29) is 47.6 Å². The average Bonchev–Trinajstić information content (AvgIpc) is 3.05. The van der Waals surface area contributed by atoms with Crippen LogP contribution in [0.1, 0.15) is 22.3 Å². The number of anilines is 1. The zero-order chi connectivity index (χ0) is 24.1. The van der Waals surface area contributed by atoms with Crippen LogP contribution >= 0.6 is 24.0 Å². The fourth-order valence-electron chi connectivity index (χ4n) is 2.97. The number of ether oxygens (including phenoxy) is 2. The van der Waals surface area contributed by atoms with Crippen LogP contribution in [0.2, 0.25) is 0 Å². The standard InChI is InChI=1S/C22H20N2O7S2/c1-30-15-9-12(10-16(31-2)19(15)26)11-17-20(27)24(22(32)33-17)8-7-18(25)23-14-5-3-13(4-6-14)21(28)29/h3-6,9-11,26H,7-8H2,1-2H3,(H,23,25)(H,28,29)/b17-11-. The Hall–Kier alpha value is -3.57. The summed E-state index contributed by atoms with van der Waals surface area (Å²) in [6, 6.07) is 8.88. The minimum atomic E-state index is -1.06. The molecule has 0 aromatic heterocycles. The van der Waals surface area contributed by atoms with Gasteiger partial charge in [0.05, 0.1) is 24.7 Å². The second-order valence-electron chi connectivity index (χ2n) is 6.79. The first-order valence-corrected chi connectivity index (χ1v) is 10.8. The highest BCUT2D eigenvalue weighted by Crippen LogP contribution is 2.39. The van der Waals surface area contributed by atoms with Gasteiger partial charge in [0.1, 0.15) is 4.32 Å². The summed E-state index contributed by atoms with van der Waals surface area (Å²) in [4.78, 5) is 37.7. The Morgan fingerprint density at radius 1 is 1.15 bits per heavy atom. The molecule has 172 valence electrons. The van der Waals surface area contributed by atoms with Gasteiger partial charge in [-0.2, -0.15) is 0 Å². The summed E-state index contributed by atoms with van der Waals surface area (Å²) >= 11 is 6.40. The highest BCUT2D eigenvalue weighted by Gasteiger charge is 2.32. The molecule has 0 atom stereocenters. The maximum absolute atomic E-state index is 12.8. The van der Waals surface area contributed by atoms with Crippen molar-refractivity contribution in [2.24, 2.45) is 0 Å². The third kappa shape index (κ3) is 5.62. The number of carboxylic acids is 1. The Kier molecular flexibility index (Phi) is 7.56. The highest BCUT2D eigenvalue weighted by atomic mass is 32.2. The number of amides is 2. The second-order valence-corrected chi connectivity index (χ2v) is 8.46. The quantitative estimate of drug-likeness (QED) is 0.379. The van der Waals surface area contributed by atoms with Crippen molar-refractivity contribution >= 4 is 57.8 Å². The number of methoxy groups -OCH3 is 2. The van der Waals surface area contributed by atoms with Crippen LogP contribution in [0.15, 0.2) is 41.3 Å². The SMILES string of the molecule is COc1cc(/C=C2\SC(=S)N(CCC(=O)Nc3ccc(C(=O)O)cc3)C2=O)cc(OC)c1O. The molecule has 0 saturated carbocycles. The third-order valence-corrected chi connectivity index (χ3v) is 6.03. The maximum atomic E-state index is 12.8. The van der Waals surface area contributed by atoms with Gasteiger partial charge in [-0.1, -0.05) is 24.0 Å². The van der Waals surface area contributed by atoms with E-state index in [1.807, 2.05) is 0 Å². The van der Waals surface area contributed by atoms with Gasteiger partial charge in [0.2, 0.25) is 11.7 Å². The van der Waals surface area contributed by atoms with Crippen molar-refractivity contribution < 1.29 is 34.1 Å². The van der Waals surface area contributed by atoms with Gasteiger partial charge in [-0.25, -0.2) is 4.79 Å². The van der Waals surface area contributed by atoms with Crippen LogP contribution in [0.25, 0.3) is 6.08 Å². The summed E-state index contributed by atoms with van der Waals surface area (Å²) in [7, 11) is 2.81. The summed E-state index contributed by atoms with van der Waals surface area (Å²) < 4.78 is 10.6. The van der Waals surface area contributed by atoms with Gasteiger partial charge in [0.25, 0.3) is 5.91 Å². The number of thiocarbonyl (C=S) groups is 1. The molecule has 1 fully saturated rings. The molecule has 1 saturated heterocycles. The molecule has 2 aromatic rings. The van der Waals surface area contributed by atoms with Crippen LogP contribution in [0.5, 0.6) is 17.2 Å². The summed E-state index contributed by atoms with van der Waals surface area (Å²) in [5, 5.41) is 21.6. The lowest BCUT2D eigenvalue weighted by Crippen LogP contribution is -2.31.